The average Bonchev–Trinajstić information content (AvgIpc) is 2.50. The molecular weight excluding hydrogens is 327 g/mol. The summed E-state index contributed by atoms with van der Waals surface area (Å²) in [5.74, 6) is -2.91. The lowest BCUT2D eigenvalue weighted by Gasteiger charge is -2.14. The van der Waals surface area contributed by atoms with E-state index in [0.29, 0.717) is 6.54 Å². The normalized spacial score (nSPS) is 11.5. The first kappa shape index (κ1) is 18.9. The van der Waals surface area contributed by atoms with Crippen molar-refractivity contribution in [1.82, 2.24) is 10.6 Å². The fourth-order valence-corrected chi connectivity index (χ4v) is 1.89. The first-order chi connectivity index (χ1) is 10.9. The fourth-order valence-electron chi connectivity index (χ4n) is 1.65. The van der Waals surface area contributed by atoms with Crippen LogP contribution in [0.15, 0.2) is 18.2 Å². The van der Waals surface area contributed by atoms with Gasteiger partial charge in [0.1, 0.15) is 17.4 Å². The van der Waals surface area contributed by atoms with Crippen molar-refractivity contribution in [3.05, 3.63) is 34.6 Å². The van der Waals surface area contributed by atoms with Crippen LogP contribution in [0.1, 0.15) is 30.6 Å². The molecule has 0 aliphatic heterocycles. The van der Waals surface area contributed by atoms with Crippen molar-refractivity contribution in [3.8, 4) is 0 Å². The van der Waals surface area contributed by atoms with Crippen LogP contribution in [0.3, 0.4) is 0 Å². The largest absolute Gasteiger partial charge is 0.452 e. The van der Waals surface area contributed by atoms with Gasteiger partial charge in [-0.1, -0.05) is 24.6 Å². The molecule has 0 fully saturated rings. The Morgan fingerprint density at radius 2 is 2.04 bits per heavy atom. The van der Waals surface area contributed by atoms with E-state index < -0.39 is 35.9 Å². The summed E-state index contributed by atoms with van der Waals surface area (Å²) in [5, 5.41) is 4.88. The molecule has 6 nitrogen and oxygen atoms in total. The molecule has 1 atom stereocenters. The molecule has 0 aliphatic rings. The zero-order valence-corrected chi connectivity index (χ0v) is 13.6. The van der Waals surface area contributed by atoms with Crippen molar-refractivity contribution in [2.24, 2.45) is 0 Å². The topological polar surface area (TPSA) is 84.5 Å². The lowest BCUT2D eigenvalue weighted by Crippen LogP contribution is -2.46. The highest BCUT2D eigenvalue weighted by molar-refractivity contribution is 6.33. The van der Waals surface area contributed by atoms with E-state index in [0.717, 1.165) is 12.5 Å². The fraction of sp³-hybridized carbons (Fsp3) is 0.400. The molecule has 1 aromatic carbocycles. The van der Waals surface area contributed by atoms with Gasteiger partial charge in [-0.15, -0.1) is 0 Å². The van der Waals surface area contributed by atoms with Crippen molar-refractivity contribution in [2.45, 2.75) is 26.3 Å². The highest BCUT2D eigenvalue weighted by Gasteiger charge is 2.20. The van der Waals surface area contributed by atoms with E-state index in [1.807, 2.05) is 6.92 Å². The number of amides is 2. The molecule has 0 unspecified atom stereocenters. The number of carbonyl (C=O) groups excluding carboxylic acids is 3. The number of benzene rings is 1. The van der Waals surface area contributed by atoms with Crippen molar-refractivity contribution < 1.29 is 23.5 Å². The number of hydrogen-bond acceptors (Lipinski definition) is 4. The summed E-state index contributed by atoms with van der Waals surface area (Å²) in [7, 11) is 0. The number of nitrogens with one attached hydrogen (secondary N) is 2. The van der Waals surface area contributed by atoms with Gasteiger partial charge >= 0.3 is 5.97 Å². The maximum atomic E-state index is 13.5. The molecule has 0 heterocycles. The summed E-state index contributed by atoms with van der Waals surface area (Å²) >= 11 is 5.72. The van der Waals surface area contributed by atoms with E-state index in [1.165, 1.54) is 19.1 Å². The van der Waals surface area contributed by atoms with Crippen LogP contribution >= 0.6 is 11.6 Å². The highest BCUT2D eigenvalue weighted by Crippen LogP contribution is 2.19. The molecule has 8 heteroatoms. The Kier molecular flexibility index (Phi) is 7.47. The summed E-state index contributed by atoms with van der Waals surface area (Å²) in [4.78, 5) is 35.0. The van der Waals surface area contributed by atoms with Gasteiger partial charge in [0.15, 0.2) is 6.61 Å². The Hall–Kier alpha value is -2.15. The molecular formula is C15H18ClFN2O4. The number of esters is 1. The Morgan fingerprint density at radius 1 is 1.35 bits per heavy atom. The van der Waals surface area contributed by atoms with E-state index in [1.54, 1.807) is 0 Å². The van der Waals surface area contributed by atoms with Gasteiger partial charge in [0.25, 0.3) is 5.91 Å². The smallest absolute Gasteiger partial charge is 0.343 e. The molecule has 1 rings (SSSR count). The van der Waals surface area contributed by atoms with E-state index >= 15 is 0 Å². The number of rotatable bonds is 7. The van der Waals surface area contributed by atoms with Crippen molar-refractivity contribution in [3.63, 3.8) is 0 Å². The SMILES string of the molecule is CCCNC(=O)[C@@H](C)NC(=O)COC(=O)c1c(F)cccc1Cl. The third-order valence-corrected chi connectivity index (χ3v) is 3.14. The Labute approximate surface area is 138 Å². The third kappa shape index (κ3) is 5.86. The van der Waals surface area contributed by atoms with Gasteiger partial charge < -0.3 is 15.4 Å². The number of ether oxygens (including phenoxy) is 1. The molecule has 126 valence electrons. The van der Waals surface area contributed by atoms with Crippen LogP contribution in [-0.4, -0.2) is 37.0 Å². The molecule has 0 saturated heterocycles. The second-order valence-electron chi connectivity index (χ2n) is 4.75. The molecule has 0 bridgehead atoms. The van der Waals surface area contributed by atoms with Crippen LogP contribution in [0.5, 0.6) is 0 Å². The van der Waals surface area contributed by atoms with Gasteiger partial charge in [-0.25, -0.2) is 9.18 Å². The van der Waals surface area contributed by atoms with E-state index in [-0.39, 0.29) is 10.9 Å². The second kappa shape index (κ2) is 9.09. The Balaban J connectivity index is 2.50. The number of halogens is 2. The maximum absolute atomic E-state index is 13.5. The van der Waals surface area contributed by atoms with Crippen LogP contribution in [0.4, 0.5) is 4.39 Å². The lowest BCUT2D eigenvalue weighted by molar-refractivity contribution is -0.130. The monoisotopic (exact) mass is 344 g/mol. The summed E-state index contributed by atoms with van der Waals surface area (Å²) in [5.41, 5.74) is -0.435. The van der Waals surface area contributed by atoms with Gasteiger partial charge in [-0.3, -0.25) is 9.59 Å². The molecule has 0 aromatic heterocycles. The zero-order valence-electron chi connectivity index (χ0n) is 12.8. The second-order valence-corrected chi connectivity index (χ2v) is 5.16. The van der Waals surface area contributed by atoms with Gasteiger partial charge in [-0.2, -0.15) is 0 Å². The lowest BCUT2D eigenvalue weighted by atomic mass is 10.2. The zero-order chi connectivity index (χ0) is 17.4. The summed E-state index contributed by atoms with van der Waals surface area (Å²) in [6, 6.07) is 2.96. The first-order valence-corrected chi connectivity index (χ1v) is 7.42. The van der Waals surface area contributed by atoms with Crippen molar-refractivity contribution in [2.75, 3.05) is 13.2 Å². The van der Waals surface area contributed by atoms with Crippen molar-refractivity contribution in [1.29, 1.82) is 0 Å². The average molecular weight is 345 g/mol. The van der Waals surface area contributed by atoms with E-state index in [2.05, 4.69) is 10.6 Å². The van der Waals surface area contributed by atoms with Crippen LogP contribution < -0.4 is 10.6 Å². The minimum Gasteiger partial charge on any atom is -0.452 e. The quantitative estimate of drug-likeness (QED) is 0.737. The predicted octanol–water partition coefficient (Wildman–Crippen LogP) is 1.67. The molecule has 0 saturated carbocycles. The maximum Gasteiger partial charge on any atom is 0.343 e. The third-order valence-electron chi connectivity index (χ3n) is 2.82. The summed E-state index contributed by atoms with van der Waals surface area (Å²) in [6.45, 7) is 3.25. The van der Waals surface area contributed by atoms with Crippen LogP contribution in [0.2, 0.25) is 5.02 Å². The van der Waals surface area contributed by atoms with Crippen LogP contribution in [0.25, 0.3) is 0 Å². The van der Waals surface area contributed by atoms with Gasteiger partial charge in [0.05, 0.1) is 5.02 Å². The Bertz CT molecular complexity index is 575. The first-order valence-electron chi connectivity index (χ1n) is 7.05. The molecule has 2 amide bonds. The summed E-state index contributed by atoms with van der Waals surface area (Å²) < 4.78 is 18.2. The molecule has 23 heavy (non-hydrogen) atoms. The highest BCUT2D eigenvalue weighted by atomic mass is 35.5. The molecule has 0 aliphatic carbocycles. The summed E-state index contributed by atoms with van der Waals surface area (Å²) in [6.07, 6.45) is 0.771. The minimum atomic E-state index is -1.05. The standard InChI is InChI=1S/C15H18ClFN2O4/c1-3-7-18-14(21)9(2)19-12(20)8-23-15(22)13-10(16)5-4-6-11(13)17/h4-6,9H,3,7-8H2,1-2H3,(H,18,21)(H,19,20)/t9-/m1/s1. The van der Waals surface area contributed by atoms with Crippen molar-refractivity contribution >= 4 is 29.4 Å². The Morgan fingerprint density at radius 3 is 2.65 bits per heavy atom. The molecule has 0 radical (unpaired) electrons. The molecule has 2 N–H and O–H groups in total. The molecule has 0 spiro atoms. The predicted molar refractivity (Wildman–Crippen MR) is 82.6 cm³/mol. The number of carbonyl (C=O) groups is 3. The van der Waals surface area contributed by atoms with E-state index in [9.17, 15) is 18.8 Å². The van der Waals surface area contributed by atoms with Gasteiger partial charge in [-0.05, 0) is 25.5 Å². The number of hydrogen-bond donors (Lipinski definition) is 2. The minimum absolute atomic E-state index is 0.109. The van der Waals surface area contributed by atoms with Gasteiger partial charge in [0, 0.05) is 6.54 Å². The van der Waals surface area contributed by atoms with Crippen LogP contribution in [0, 0.1) is 5.82 Å². The van der Waals surface area contributed by atoms with Gasteiger partial charge in [0.2, 0.25) is 5.91 Å². The van der Waals surface area contributed by atoms with E-state index in [4.69, 9.17) is 16.3 Å². The molecule has 1 aromatic rings. The van der Waals surface area contributed by atoms with Crippen LogP contribution in [-0.2, 0) is 14.3 Å².